The first kappa shape index (κ1) is 24.3. The summed E-state index contributed by atoms with van der Waals surface area (Å²) in [5.74, 6) is -0.0292. The van der Waals surface area contributed by atoms with Gasteiger partial charge in [0, 0.05) is 27.8 Å². The summed E-state index contributed by atoms with van der Waals surface area (Å²) in [5, 5.41) is 8.50. The van der Waals surface area contributed by atoms with Gasteiger partial charge in [0.15, 0.2) is 0 Å². The van der Waals surface area contributed by atoms with Gasteiger partial charge >= 0.3 is 0 Å². The molecule has 0 fully saturated rings. The van der Waals surface area contributed by atoms with Crippen molar-refractivity contribution in [1.29, 1.82) is 0 Å². The minimum Gasteiger partial charge on any atom is -0.399 e. The fourth-order valence-electron chi connectivity index (χ4n) is 3.94. The van der Waals surface area contributed by atoms with Crippen molar-refractivity contribution >= 4 is 57.2 Å². The van der Waals surface area contributed by atoms with Crippen LogP contribution in [0.4, 0.5) is 17.1 Å². The number of aromatic nitrogens is 1. The van der Waals surface area contributed by atoms with Crippen LogP contribution in [0.5, 0.6) is 0 Å². The number of hydrogen-bond donors (Lipinski definition) is 3. The van der Waals surface area contributed by atoms with E-state index in [2.05, 4.69) is 16.7 Å². The molecule has 1 aromatic heterocycles. The van der Waals surface area contributed by atoms with Crippen LogP contribution >= 0.6 is 12.4 Å². The number of nitrogens with two attached hydrogens (primary N) is 1. The molecule has 0 radical (unpaired) electrons. The number of rotatable bonds is 6. The number of para-hydroxylation sites is 1. The summed E-state index contributed by atoms with van der Waals surface area (Å²) in [5.41, 5.74) is 12.3. The molecule has 172 valence electrons. The summed E-state index contributed by atoms with van der Waals surface area (Å²) < 4.78 is 0. The van der Waals surface area contributed by atoms with Crippen molar-refractivity contribution in [2.45, 2.75) is 26.4 Å². The summed E-state index contributed by atoms with van der Waals surface area (Å²) in [6, 6.07) is 19.8. The van der Waals surface area contributed by atoms with Crippen molar-refractivity contribution in [1.82, 2.24) is 15.2 Å². The summed E-state index contributed by atoms with van der Waals surface area (Å²) in [4.78, 5) is 19.8. The Bertz CT molecular complexity index is 1280. The Morgan fingerprint density at radius 3 is 2.52 bits per heavy atom. The Hall–Kier alpha value is -3.35. The van der Waals surface area contributed by atoms with E-state index in [1.807, 2.05) is 87.4 Å². The van der Waals surface area contributed by atoms with Crippen molar-refractivity contribution in [3.8, 4) is 0 Å². The molecule has 7 heteroatoms. The van der Waals surface area contributed by atoms with E-state index in [1.54, 1.807) is 0 Å². The van der Waals surface area contributed by atoms with Gasteiger partial charge in [-0.15, -0.1) is 12.4 Å². The largest absolute Gasteiger partial charge is 0.399 e. The second-order valence-corrected chi connectivity index (χ2v) is 8.45. The van der Waals surface area contributed by atoms with Crippen LogP contribution in [0.3, 0.4) is 0 Å². The summed E-state index contributed by atoms with van der Waals surface area (Å²) in [6.07, 6.45) is 0.196. The number of hydrogen-bond acceptors (Lipinski definition) is 5. The van der Waals surface area contributed by atoms with Crippen molar-refractivity contribution in [3.05, 3.63) is 71.8 Å². The van der Waals surface area contributed by atoms with Gasteiger partial charge in [-0.25, -0.2) is 4.98 Å². The van der Waals surface area contributed by atoms with Gasteiger partial charge in [0.25, 0.3) is 0 Å². The zero-order valence-corrected chi connectivity index (χ0v) is 20.2. The monoisotopic (exact) mass is 463 g/mol. The first-order valence-electron chi connectivity index (χ1n) is 10.7. The van der Waals surface area contributed by atoms with Crippen molar-refractivity contribution in [2.75, 3.05) is 25.1 Å². The van der Waals surface area contributed by atoms with Gasteiger partial charge in [-0.05, 0) is 75.5 Å². The van der Waals surface area contributed by atoms with Gasteiger partial charge in [0.05, 0.1) is 23.6 Å². The lowest BCUT2D eigenvalue weighted by Gasteiger charge is -2.22. The van der Waals surface area contributed by atoms with E-state index in [0.717, 1.165) is 44.3 Å². The number of nitrogens with one attached hydrogen (secondary N) is 2. The molecule has 4 aromatic rings. The molecule has 0 aliphatic rings. The lowest BCUT2D eigenvalue weighted by molar-refractivity contribution is -0.121. The molecule has 1 atom stereocenters. The number of pyridine rings is 1. The number of anilines is 3. The minimum atomic E-state index is -0.0604. The minimum absolute atomic E-state index is 0. The number of halogens is 1. The average Bonchev–Trinajstić information content (AvgIpc) is 2.72. The molecule has 0 spiro atoms. The Balaban J connectivity index is 0.00000306. The van der Waals surface area contributed by atoms with Gasteiger partial charge in [-0.3, -0.25) is 9.69 Å². The fourth-order valence-corrected chi connectivity index (χ4v) is 3.94. The Morgan fingerprint density at radius 2 is 1.79 bits per heavy atom. The first-order valence-corrected chi connectivity index (χ1v) is 10.7. The molecule has 0 aliphatic carbocycles. The maximum Gasteiger partial charge on any atom is 0.225 e. The van der Waals surface area contributed by atoms with E-state index in [4.69, 9.17) is 10.7 Å². The highest BCUT2D eigenvalue weighted by atomic mass is 35.5. The molecule has 1 heterocycles. The molecule has 0 bridgehead atoms. The van der Waals surface area contributed by atoms with Crippen LogP contribution in [-0.4, -0.2) is 36.1 Å². The van der Waals surface area contributed by atoms with Gasteiger partial charge in [-0.1, -0.05) is 24.3 Å². The van der Waals surface area contributed by atoms with Crippen LogP contribution in [0, 0.1) is 6.92 Å². The Kier molecular flexibility index (Phi) is 7.41. The van der Waals surface area contributed by atoms with Crippen molar-refractivity contribution in [3.63, 3.8) is 0 Å². The van der Waals surface area contributed by atoms with Crippen LogP contribution in [0.2, 0.25) is 0 Å². The number of carbonyl (C=O) groups is 1. The normalized spacial score (nSPS) is 11.9. The number of amides is 1. The molecular formula is C26H30ClN5O. The molecule has 0 saturated carbocycles. The van der Waals surface area contributed by atoms with E-state index in [0.29, 0.717) is 5.69 Å². The van der Waals surface area contributed by atoms with Gasteiger partial charge in [0.2, 0.25) is 5.91 Å². The highest BCUT2D eigenvalue weighted by Crippen LogP contribution is 2.34. The smallest absolute Gasteiger partial charge is 0.225 e. The van der Waals surface area contributed by atoms with Crippen LogP contribution in [0.15, 0.2) is 60.7 Å². The van der Waals surface area contributed by atoms with E-state index in [-0.39, 0.29) is 30.9 Å². The Labute approximate surface area is 200 Å². The zero-order valence-electron chi connectivity index (χ0n) is 19.3. The van der Waals surface area contributed by atoms with Gasteiger partial charge < -0.3 is 16.4 Å². The van der Waals surface area contributed by atoms with E-state index in [9.17, 15) is 4.79 Å². The lowest BCUT2D eigenvalue weighted by Crippen LogP contribution is -2.43. The van der Waals surface area contributed by atoms with E-state index in [1.165, 1.54) is 0 Å². The van der Waals surface area contributed by atoms with Gasteiger partial charge in [0.1, 0.15) is 0 Å². The average molecular weight is 464 g/mol. The molecule has 1 amide bonds. The molecule has 0 aliphatic heterocycles. The number of carbonyl (C=O) groups excluding carboxylic acids is 1. The molecule has 3 aromatic carbocycles. The number of benzene rings is 3. The number of fused-ring (bicyclic) bond motifs is 2. The molecule has 6 nitrogen and oxygen atoms in total. The lowest BCUT2D eigenvalue weighted by atomic mass is 9.98. The molecule has 1 unspecified atom stereocenters. The van der Waals surface area contributed by atoms with Gasteiger partial charge in [-0.2, -0.15) is 0 Å². The second kappa shape index (κ2) is 10.1. The third-order valence-electron chi connectivity index (χ3n) is 5.67. The second-order valence-electron chi connectivity index (χ2n) is 8.45. The maximum absolute atomic E-state index is 13.0. The van der Waals surface area contributed by atoms with Crippen LogP contribution in [-0.2, 0) is 11.2 Å². The SMILES string of the molecule is Cc1cc(N)cc(Nc2cccc3nc4ccccc4c(CC(=O)NC(C)N(C)C)c23)c1.Cl. The quantitative estimate of drug-likeness (QED) is 0.213. The molecular weight excluding hydrogens is 434 g/mol. The zero-order chi connectivity index (χ0) is 22.8. The fraction of sp³-hybridized carbons (Fsp3) is 0.231. The molecule has 0 saturated heterocycles. The predicted molar refractivity (Wildman–Crippen MR) is 140 cm³/mol. The van der Waals surface area contributed by atoms with Crippen LogP contribution in [0.25, 0.3) is 21.8 Å². The predicted octanol–water partition coefficient (Wildman–Crippen LogP) is 5.01. The van der Waals surface area contributed by atoms with Crippen molar-refractivity contribution in [2.24, 2.45) is 0 Å². The highest BCUT2D eigenvalue weighted by Gasteiger charge is 2.17. The van der Waals surface area contributed by atoms with E-state index < -0.39 is 0 Å². The number of nitrogen functional groups attached to an aromatic ring is 1. The molecule has 33 heavy (non-hydrogen) atoms. The third-order valence-corrected chi connectivity index (χ3v) is 5.67. The standard InChI is InChI=1S/C26H29N5O.ClH/c1-16-12-18(27)14-19(13-16)29-23-10-7-11-24-26(23)21(15-25(32)28-17(2)31(3)4)20-8-5-6-9-22(20)30-24;/h5-14,17,29H,15,27H2,1-4H3,(H,28,32);1H. The van der Waals surface area contributed by atoms with E-state index >= 15 is 0 Å². The summed E-state index contributed by atoms with van der Waals surface area (Å²) in [7, 11) is 3.88. The van der Waals surface area contributed by atoms with Crippen LogP contribution in [0.1, 0.15) is 18.1 Å². The molecule has 4 rings (SSSR count). The third kappa shape index (κ3) is 5.35. The number of nitrogens with zero attached hydrogens (tertiary/aromatic N) is 2. The number of aryl methyl sites for hydroxylation is 1. The first-order chi connectivity index (χ1) is 15.3. The topological polar surface area (TPSA) is 83.3 Å². The van der Waals surface area contributed by atoms with Crippen molar-refractivity contribution < 1.29 is 4.79 Å². The maximum atomic E-state index is 13.0. The Morgan fingerprint density at radius 1 is 1.06 bits per heavy atom. The molecule has 4 N–H and O–H groups in total. The summed E-state index contributed by atoms with van der Waals surface area (Å²) in [6.45, 7) is 3.98. The summed E-state index contributed by atoms with van der Waals surface area (Å²) >= 11 is 0. The van der Waals surface area contributed by atoms with Crippen LogP contribution < -0.4 is 16.4 Å². The highest BCUT2D eigenvalue weighted by molar-refractivity contribution is 6.06.